The molecule has 100 valence electrons. The van der Waals surface area contributed by atoms with Gasteiger partial charge in [0.05, 0.1) is 0 Å². The monoisotopic (exact) mass is 238 g/mol. The topological polar surface area (TPSA) is 15.3 Å². The van der Waals surface area contributed by atoms with E-state index in [9.17, 15) is 0 Å². The van der Waals surface area contributed by atoms with Gasteiger partial charge in [-0.1, -0.05) is 20.8 Å². The quantitative estimate of drug-likeness (QED) is 0.796. The van der Waals surface area contributed by atoms with Gasteiger partial charge in [-0.2, -0.15) is 0 Å². The van der Waals surface area contributed by atoms with Gasteiger partial charge in [0.15, 0.2) is 0 Å². The van der Waals surface area contributed by atoms with Crippen LogP contribution in [0.25, 0.3) is 0 Å². The minimum absolute atomic E-state index is 0.720. The van der Waals surface area contributed by atoms with E-state index < -0.39 is 0 Å². The average Bonchev–Trinajstić information content (AvgIpc) is 2.30. The number of hydrogen-bond donors (Lipinski definition) is 1. The zero-order valence-electron chi connectivity index (χ0n) is 12.1. The van der Waals surface area contributed by atoms with E-state index in [1.807, 2.05) is 0 Å². The van der Waals surface area contributed by atoms with Crippen LogP contribution in [0.1, 0.15) is 53.4 Å². The molecule has 5 atom stereocenters. The molecule has 1 saturated heterocycles. The second-order valence-electron chi connectivity index (χ2n) is 6.52. The third-order valence-corrected chi connectivity index (χ3v) is 5.00. The van der Waals surface area contributed by atoms with Gasteiger partial charge in [-0.15, -0.1) is 0 Å². The summed E-state index contributed by atoms with van der Waals surface area (Å²) in [4.78, 5) is 2.81. The van der Waals surface area contributed by atoms with Gasteiger partial charge in [-0.05, 0) is 44.4 Å². The molecule has 2 fully saturated rings. The Morgan fingerprint density at radius 2 is 1.94 bits per heavy atom. The molecule has 0 bridgehead atoms. The molecule has 0 aromatic rings. The molecular weight excluding hydrogens is 208 g/mol. The number of hydrogen-bond acceptors (Lipinski definition) is 2. The summed E-state index contributed by atoms with van der Waals surface area (Å²) in [5, 5.41) is 3.67. The van der Waals surface area contributed by atoms with E-state index in [1.54, 1.807) is 0 Å². The van der Waals surface area contributed by atoms with Gasteiger partial charge >= 0.3 is 0 Å². The molecule has 1 aliphatic carbocycles. The second-order valence-corrected chi connectivity index (χ2v) is 6.52. The summed E-state index contributed by atoms with van der Waals surface area (Å²) in [6, 6.07) is 2.29. The van der Waals surface area contributed by atoms with Gasteiger partial charge in [0.25, 0.3) is 0 Å². The van der Waals surface area contributed by atoms with Crippen molar-refractivity contribution in [2.45, 2.75) is 71.5 Å². The van der Waals surface area contributed by atoms with Crippen molar-refractivity contribution in [2.24, 2.45) is 11.8 Å². The van der Waals surface area contributed by atoms with Crippen LogP contribution >= 0.6 is 0 Å². The minimum Gasteiger partial charge on any atom is -0.311 e. The van der Waals surface area contributed by atoms with Crippen molar-refractivity contribution in [1.82, 2.24) is 10.2 Å². The molecule has 0 spiro atoms. The van der Waals surface area contributed by atoms with Crippen LogP contribution in [0.2, 0.25) is 0 Å². The van der Waals surface area contributed by atoms with Crippen LogP contribution in [0.5, 0.6) is 0 Å². The van der Waals surface area contributed by atoms with E-state index >= 15 is 0 Å². The first-order chi connectivity index (χ1) is 8.11. The summed E-state index contributed by atoms with van der Waals surface area (Å²) in [6.45, 7) is 12.0. The van der Waals surface area contributed by atoms with E-state index in [0.717, 1.165) is 30.0 Å². The fourth-order valence-electron chi connectivity index (χ4n) is 3.83. The maximum Gasteiger partial charge on any atom is 0.0196 e. The first-order valence-electron chi connectivity index (χ1n) is 7.61. The van der Waals surface area contributed by atoms with Crippen LogP contribution in [0.4, 0.5) is 0 Å². The van der Waals surface area contributed by atoms with Gasteiger partial charge in [0, 0.05) is 31.2 Å². The van der Waals surface area contributed by atoms with Crippen LogP contribution in [0.15, 0.2) is 0 Å². The predicted octanol–water partition coefficient (Wildman–Crippen LogP) is 2.88. The molecule has 2 heteroatoms. The van der Waals surface area contributed by atoms with Crippen LogP contribution < -0.4 is 5.32 Å². The third-order valence-electron chi connectivity index (χ3n) is 5.00. The molecule has 17 heavy (non-hydrogen) atoms. The first-order valence-corrected chi connectivity index (χ1v) is 7.61. The van der Waals surface area contributed by atoms with Crippen molar-refractivity contribution in [3.8, 4) is 0 Å². The molecular formula is C15H30N2. The van der Waals surface area contributed by atoms with Crippen LogP contribution in [0.3, 0.4) is 0 Å². The lowest BCUT2D eigenvalue weighted by molar-refractivity contribution is 0.0318. The van der Waals surface area contributed by atoms with Crippen LogP contribution in [-0.4, -0.2) is 36.1 Å². The Kier molecular flexibility index (Phi) is 4.48. The van der Waals surface area contributed by atoms with Gasteiger partial charge in [-0.25, -0.2) is 0 Å². The molecule has 2 rings (SSSR count). The summed E-state index contributed by atoms with van der Waals surface area (Å²) >= 11 is 0. The Labute approximate surface area is 107 Å². The fourth-order valence-corrected chi connectivity index (χ4v) is 3.83. The number of piperazine rings is 1. The molecule has 2 aliphatic rings. The summed E-state index contributed by atoms with van der Waals surface area (Å²) in [7, 11) is 0. The maximum absolute atomic E-state index is 3.67. The molecule has 0 amide bonds. The van der Waals surface area contributed by atoms with Gasteiger partial charge < -0.3 is 5.32 Å². The zero-order chi connectivity index (χ0) is 12.4. The first kappa shape index (κ1) is 13.4. The predicted molar refractivity (Wildman–Crippen MR) is 74.2 cm³/mol. The van der Waals surface area contributed by atoms with Crippen molar-refractivity contribution < 1.29 is 0 Å². The van der Waals surface area contributed by atoms with E-state index in [1.165, 1.54) is 38.8 Å². The molecule has 0 radical (unpaired) electrons. The van der Waals surface area contributed by atoms with E-state index in [2.05, 4.69) is 37.9 Å². The third kappa shape index (κ3) is 3.03. The summed E-state index contributed by atoms with van der Waals surface area (Å²) in [6.07, 6.45) is 5.55. The highest BCUT2D eigenvalue weighted by Gasteiger charge is 2.35. The van der Waals surface area contributed by atoms with Crippen molar-refractivity contribution in [2.75, 3.05) is 13.1 Å². The highest BCUT2D eigenvalue weighted by Crippen LogP contribution is 2.33. The number of rotatable bonds is 2. The van der Waals surface area contributed by atoms with Crippen molar-refractivity contribution in [3.63, 3.8) is 0 Å². The Morgan fingerprint density at radius 3 is 2.59 bits per heavy atom. The van der Waals surface area contributed by atoms with Gasteiger partial charge in [0.1, 0.15) is 0 Å². The maximum atomic E-state index is 3.67. The fraction of sp³-hybridized carbons (Fsp3) is 1.00. The van der Waals surface area contributed by atoms with E-state index in [-0.39, 0.29) is 0 Å². The van der Waals surface area contributed by atoms with Crippen molar-refractivity contribution >= 4 is 0 Å². The lowest BCUT2D eigenvalue weighted by Gasteiger charge is -2.47. The molecule has 2 nitrogen and oxygen atoms in total. The highest BCUT2D eigenvalue weighted by atomic mass is 15.3. The molecule has 1 N–H and O–H groups in total. The molecule has 1 saturated carbocycles. The summed E-state index contributed by atoms with van der Waals surface area (Å²) < 4.78 is 0. The molecule has 0 aromatic heterocycles. The molecule has 1 aliphatic heterocycles. The average molecular weight is 238 g/mol. The molecule has 1 heterocycles. The Hall–Kier alpha value is -0.0800. The van der Waals surface area contributed by atoms with Crippen molar-refractivity contribution in [1.29, 1.82) is 0 Å². The normalized spacial score (nSPS) is 44.8. The van der Waals surface area contributed by atoms with Crippen LogP contribution in [-0.2, 0) is 0 Å². The number of nitrogens with one attached hydrogen (secondary N) is 1. The van der Waals surface area contributed by atoms with E-state index in [4.69, 9.17) is 0 Å². The summed E-state index contributed by atoms with van der Waals surface area (Å²) in [5.74, 6) is 1.83. The SMILES string of the molecule is CCC1CN(C2CCC(C)CC2C)C(C)CN1. The minimum atomic E-state index is 0.720. The summed E-state index contributed by atoms with van der Waals surface area (Å²) in [5.41, 5.74) is 0. The number of nitrogens with zero attached hydrogens (tertiary/aromatic N) is 1. The second kappa shape index (κ2) is 5.71. The lowest BCUT2D eigenvalue weighted by Crippen LogP contribution is -2.60. The Morgan fingerprint density at radius 1 is 1.18 bits per heavy atom. The highest BCUT2D eigenvalue weighted by molar-refractivity contribution is 4.91. The van der Waals surface area contributed by atoms with E-state index in [0.29, 0.717) is 0 Å². The Bertz CT molecular complexity index is 241. The largest absolute Gasteiger partial charge is 0.311 e. The smallest absolute Gasteiger partial charge is 0.0196 e. The van der Waals surface area contributed by atoms with Gasteiger partial charge in [-0.3, -0.25) is 4.90 Å². The lowest BCUT2D eigenvalue weighted by atomic mass is 9.78. The van der Waals surface area contributed by atoms with Crippen LogP contribution in [0, 0.1) is 11.8 Å². The Balaban J connectivity index is 1.99. The standard InChI is InChI=1S/C15H30N2/c1-5-14-10-17(13(4)9-16-14)15-7-6-11(2)8-12(15)3/h11-16H,5-10H2,1-4H3. The molecule has 0 aromatic carbocycles. The van der Waals surface area contributed by atoms with Crippen molar-refractivity contribution in [3.05, 3.63) is 0 Å². The zero-order valence-corrected chi connectivity index (χ0v) is 12.1. The van der Waals surface area contributed by atoms with Gasteiger partial charge in [0.2, 0.25) is 0 Å². The molecule has 5 unspecified atom stereocenters.